The molecule has 1 aromatic carbocycles. The first-order valence-electron chi connectivity index (χ1n) is 5.69. The van der Waals surface area contributed by atoms with Crippen molar-refractivity contribution < 1.29 is 0 Å². The summed E-state index contributed by atoms with van der Waals surface area (Å²) in [5, 5.41) is 0. The fourth-order valence-corrected chi connectivity index (χ4v) is 1.76. The van der Waals surface area contributed by atoms with Crippen LogP contribution < -0.4 is 0 Å². The number of aryl methyl sites for hydroxylation is 1. The first-order valence-corrected chi connectivity index (χ1v) is 5.69. The van der Waals surface area contributed by atoms with Gasteiger partial charge in [0.25, 0.3) is 0 Å². The number of nitrogens with zero attached hydrogens (tertiary/aromatic N) is 1. The predicted molar refractivity (Wildman–Crippen MR) is 68.5 cm³/mol. The lowest BCUT2D eigenvalue weighted by molar-refractivity contribution is 0.859. The zero-order chi connectivity index (χ0) is 11.5. The maximum atomic E-state index is 4.31. The van der Waals surface area contributed by atoms with Crippen LogP contribution in [0.1, 0.15) is 30.9 Å². The molecule has 0 saturated heterocycles. The molecule has 0 atom stereocenters. The quantitative estimate of drug-likeness (QED) is 0.726. The van der Waals surface area contributed by atoms with E-state index in [1.54, 1.807) is 0 Å². The van der Waals surface area contributed by atoms with Crippen molar-refractivity contribution in [2.24, 2.45) is 0 Å². The molecule has 16 heavy (non-hydrogen) atoms. The second kappa shape index (κ2) is 4.48. The maximum absolute atomic E-state index is 4.31. The van der Waals surface area contributed by atoms with Crippen molar-refractivity contribution in [1.82, 2.24) is 4.98 Å². The number of rotatable bonds is 2. The van der Waals surface area contributed by atoms with E-state index in [0.29, 0.717) is 5.92 Å². The zero-order valence-corrected chi connectivity index (χ0v) is 10.1. The lowest BCUT2D eigenvalue weighted by Crippen LogP contribution is -1.90. The maximum Gasteiger partial charge on any atom is 0.0346 e. The molecule has 0 aliphatic carbocycles. The van der Waals surface area contributed by atoms with Gasteiger partial charge in [-0.25, -0.2) is 0 Å². The molecule has 0 spiro atoms. The number of hydrogen-bond donors (Lipinski definition) is 0. The molecule has 0 bridgehead atoms. The summed E-state index contributed by atoms with van der Waals surface area (Å²) in [5.41, 5.74) is 5.02. The molecule has 1 heteroatoms. The highest BCUT2D eigenvalue weighted by molar-refractivity contribution is 5.63. The molecule has 1 heterocycles. The summed E-state index contributed by atoms with van der Waals surface area (Å²) >= 11 is 0. The molecule has 0 aliphatic rings. The topological polar surface area (TPSA) is 12.9 Å². The van der Waals surface area contributed by atoms with Crippen molar-refractivity contribution in [3.8, 4) is 11.1 Å². The number of benzene rings is 1. The number of pyridine rings is 1. The van der Waals surface area contributed by atoms with Crippen molar-refractivity contribution >= 4 is 0 Å². The summed E-state index contributed by atoms with van der Waals surface area (Å²) in [4.78, 5) is 4.31. The highest BCUT2D eigenvalue weighted by atomic mass is 14.6. The van der Waals surface area contributed by atoms with Gasteiger partial charge in [0, 0.05) is 18.0 Å². The molecule has 0 N–H and O–H groups in total. The molecule has 2 rings (SSSR count). The Morgan fingerprint density at radius 1 is 1.00 bits per heavy atom. The number of hydrogen-bond acceptors (Lipinski definition) is 1. The summed E-state index contributed by atoms with van der Waals surface area (Å²) in [6, 6.07) is 10.8. The van der Waals surface area contributed by atoms with Gasteiger partial charge in [-0.05, 0) is 30.0 Å². The van der Waals surface area contributed by atoms with E-state index in [1.165, 1.54) is 22.3 Å². The minimum atomic E-state index is 0.525. The molecule has 0 saturated carbocycles. The molecule has 0 fully saturated rings. The molecule has 0 radical (unpaired) electrons. The van der Waals surface area contributed by atoms with Crippen LogP contribution in [0, 0.1) is 6.92 Å². The Bertz CT molecular complexity index is 486. The largest absolute Gasteiger partial charge is 0.264 e. The first-order chi connectivity index (χ1) is 7.66. The molecule has 82 valence electrons. The van der Waals surface area contributed by atoms with E-state index in [2.05, 4.69) is 56.1 Å². The van der Waals surface area contributed by atoms with Crippen LogP contribution in [0.4, 0.5) is 0 Å². The summed E-state index contributed by atoms with van der Waals surface area (Å²) in [7, 11) is 0. The third-order valence-electron chi connectivity index (χ3n) is 2.78. The van der Waals surface area contributed by atoms with E-state index in [1.807, 2.05) is 12.4 Å². The summed E-state index contributed by atoms with van der Waals surface area (Å²) in [6.45, 7) is 6.50. The van der Waals surface area contributed by atoms with E-state index < -0.39 is 0 Å². The van der Waals surface area contributed by atoms with Crippen LogP contribution in [0.15, 0.2) is 42.7 Å². The lowest BCUT2D eigenvalue weighted by atomic mass is 10.00. The van der Waals surface area contributed by atoms with E-state index in [-0.39, 0.29) is 0 Å². The summed E-state index contributed by atoms with van der Waals surface area (Å²) in [6.07, 6.45) is 3.88. The van der Waals surface area contributed by atoms with Gasteiger partial charge in [0.05, 0.1) is 0 Å². The normalized spacial score (nSPS) is 10.8. The average molecular weight is 211 g/mol. The van der Waals surface area contributed by atoms with Gasteiger partial charge >= 0.3 is 0 Å². The first kappa shape index (κ1) is 10.9. The van der Waals surface area contributed by atoms with Gasteiger partial charge in [-0.15, -0.1) is 0 Å². The SMILES string of the molecule is Cc1cccc(-c2cncc(C(C)C)c2)c1. The third-order valence-corrected chi connectivity index (χ3v) is 2.78. The van der Waals surface area contributed by atoms with E-state index in [0.717, 1.165) is 0 Å². The monoisotopic (exact) mass is 211 g/mol. The zero-order valence-electron chi connectivity index (χ0n) is 10.1. The molecular formula is C15H17N. The Kier molecular flexibility index (Phi) is 3.04. The standard InChI is InChI=1S/C15H17N/c1-11(2)14-8-15(10-16-9-14)13-6-4-5-12(3)7-13/h4-11H,1-3H3. The Balaban J connectivity index is 2.44. The molecule has 0 amide bonds. The minimum absolute atomic E-state index is 0.525. The van der Waals surface area contributed by atoms with Gasteiger partial charge in [0.1, 0.15) is 0 Å². The minimum Gasteiger partial charge on any atom is -0.264 e. The third kappa shape index (κ3) is 2.30. The number of aromatic nitrogens is 1. The van der Waals surface area contributed by atoms with Crippen LogP contribution in [0.25, 0.3) is 11.1 Å². The molecule has 1 aromatic heterocycles. The molecular weight excluding hydrogens is 194 g/mol. The highest BCUT2D eigenvalue weighted by Crippen LogP contribution is 2.23. The molecule has 2 aromatic rings. The summed E-state index contributed by atoms with van der Waals surface area (Å²) < 4.78 is 0. The van der Waals surface area contributed by atoms with Crippen LogP contribution in [-0.2, 0) is 0 Å². The molecule has 1 nitrogen and oxygen atoms in total. The van der Waals surface area contributed by atoms with Crippen LogP contribution >= 0.6 is 0 Å². The van der Waals surface area contributed by atoms with E-state index in [9.17, 15) is 0 Å². The van der Waals surface area contributed by atoms with Gasteiger partial charge in [-0.1, -0.05) is 43.7 Å². The van der Waals surface area contributed by atoms with Crippen molar-refractivity contribution in [3.63, 3.8) is 0 Å². The Hall–Kier alpha value is -1.63. The second-order valence-electron chi connectivity index (χ2n) is 4.53. The van der Waals surface area contributed by atoms with Crippen LogP contribution in [-0.4, -0.2) is 4.98 Å². The van der Waals surface area contributed by atoms with E-state index >= 15 is 0 Å². The van der Waals surface area contributed by atoms with Crippen molar-refractivity contribution in [3.05, 3.63) is 53.9 Å². The molecule has 0 unspecified atom stereocenters. The fraction of sp³-hybridized carbons (Fsp3) is 0.267. The average Bonchev–Trinajstić information content (AvgIpc) is 2.29. The lowest BCUT2D eigenvalue weighted by Gasteiger charge is -2.08. The van der Waals surface area contributed by atoms with Crippen LogP contribution in [0.2, 0.25) is 0 Å². The predicted octanol–water partition coefficient (Wildman–Crippen LogP) is 4.18. The van der Waals surface area contributed by atoms with Gasteiger partial charge < -0.3 is 0 Å². The Labute approximate surface area is 97.2 Å². The second-order valence-corrected chi connectivity index (χ2v) is 4.53. The van der Waals surface area contributed by atoms with Gasteiger partial charge in [-0.3, -0.25) is 4.98 Å². The Morgan fingerprint density at radius 3 is 2.50 bits per heavy atom. The van der Waals surface area contributed by atoms with Crippen molar-refractivity contribution in [1.29, 1.82) is 0 Å². The molecule has 0 aliphatic heterocycles. The summed E-state index contributed by atoms with van der Waals surface area (Å²) in [5.74, 6) is 0.525. The van der Waals surface area contributed by atoms with Gasteiger partial charge in [0.2, 0.25) is 0 Å². The van der Waals surface area contributed by atoms with Gasteiger partial charge in [0.15, 0.2) is 0 Å². The van der Waals surface area contributed by atoms with Crippen LogP contribution in [0.3, 0.4) is 0 Å². The van der Waals surface area contributed by atoms with Crippen LogP contribution in [0.5, 0.6) is 0 Å². The fourth-order valence-electron chi connectivity index (χ4n) is 1.76. The Morgan fingerprint density at radius 2 is 1.81 bits per heavy atom. The van der Waals surface area contributed by atoms with Crippen molar-refractivity contribution in [2.45, 2.75) is 26.7 Å². The van der Waals surface area contributed by atoms with Crippen molar-refractivity contribution in [2.75, 3.05) is 0 Å². The van der Waals surface area contributed by atoms with E-state index in [4.69, 9.17) is 0 Å². The highest BCUT2D eigenvalue weighted by Gasteiger charge is 2.03. The van der Waals surface area contributed by atoms with Gasteiger partial charge in [-0.2, -0.15) is 0 Å². The smallest absolute Gasteiger partial charge is 0.0346 e.